The maximum Gasteiger partial charge on any atom is 0.407 e. The molecule has 4 nitrogen and oxygen atoms in total. The fraction of sp³-hybridized carbons (Fsp3) is 0.933. The van der Waals surface area contributed by atoms with Crippen molar-refractivity contribution in [2.45, 2.75) is 83.3 Å². The molecule has 1 amide bonds. The third-order valence-electron chi connectivity index (χ3n) is 3.62. The molecule has 0 saturated heterocycles. The first-order valence-corrected chi connectivity index (χ1v) is 7.57. The van der Waals surface area contributed by atoms with E-state index in [1.54, 1.807) is 0 Å². The molecule has 0 spiro atoms. The van der Waals surface area contributed by atoms with Gasteiger partial charge in [0.15, 0.2) is 0 Å². The molecular formula is C15H30N2O2. The Bertz CT molecular complexity index is 278. The number of hydrogen-bond donors (Lipinski definition) is 2. The minimum Gasteiger partial charge on any atom is -0.444 e. The second-order valence-corrected chi connectivity index (χ2v) is 6.81. The molecule has 0 aliphatic heterocycles. The van der Waals surface area contributed by atoms with E-state index in [9.17, 15) is 4.79 Å². The third-order valence-corrected chi connectivity index (χ3v) is 3.62. The second-order valence-electron chi connectivity index (χ2n) is 6.81. The van der Waals surface area contributed by atoms with E-state index in [1.165, 1.54) is 19.3 Å². The van der Waals surface area contributed by atoms with E-state index in [4.69, 9.17) is 10.5 Å². The Hall–Kier alpha value is -0.770. The van der Waals surface area contributed by atoms with Crippen molar-refractivity contribution >= 4 is 6.09 Å². The SMILES string of the molecule is CC(C)(C)OC(=O)NCCCCC1(N)CCCCC1. The fourth-order valence-corrected chi connectivity index (χ4v) is 2.61. The summed E-state index contributed by atoms with van der Waals surface area (Å²) in [6, 6.07) is 0. The first-order chi connectivity index (χ1) is 8.81. The van der Waals surface area contributed by atoms with Crippen molar-refractivity contribution in [2.24, 2.45) is 5.73 Å². The van der Waals surface area contributed by atoms with Crippen molar-refractivity contribution in [3.63, 3.8) is 0 Å². The van der Waals surface area contributed by atoms with Crippen molar-refractivity contribution in [2.75, 3.05) is 6.54 Å². The molecule has 1 aliphatic rings. The molecule has 0 unspecified atom stereocenters. The summed E-state index contributed by atoms with van der Waals surface area (Å²) in [5, 5.41) is 2.79. The largest absolute Gasteiger partial charge is 0.444 e. The van der Waals surface area contributed by atoms with Gasteiger partial charge < -0.3 is 15.8 Å². The number of nitrogens with two attached hydrogens (primary N) is 1. The molecular weight excluding hydrogens is 240 g/mol. The Balaban J connectivity index is 2.06. The van der Waals surface area contributed by atoms with Crippen LogP contribution in [-0.2, 0) is 4.74 Å². The van der Waals surface area contributed by atoms with Gasteiger partial charge in [-0.15, -0.1) is 0 Å². The Morgan fingerprint density at radius 2 is 1.84 bits per heavy atom. The summed E-state index contributed by atoms with van der Waals surface area (Å²) >= 11 is 0. The minimum absolute atomic E-state index is 0.0597. The summed E-state index contributed by atoms with van der Waals surface area (Å²) < 4.78 is 5.18. The van der Waals surface area contributed by atoms with E-state index in [0.717, 1.165) is 32.1 Å². The maximum absolute atomic E-state index is 11.4. The van der Waals surface area contributed by atoms with Crippen LogP contribution < -0.4 is 11.1 Å². The Morgan fingerprint density at radius 1 is 1.21 bits per heavy atom. The predicted molar refractivity (Wildman–Crippen MR) is 78.1 cm³/mol. The molecule has 3 N–H and O–H groups in total. The van der Waals surface area contributed by atoms with Gasteiger partial charge in [-0.05, 0) is 52.9 Å². The molecule has 0 aromatic heterocycles. The van der Waals surface area contributed by atoms with Gasteiger partial charge in [0.05, 0.1) is 0 Å². The monoisotopic (exact) mass is 270 g/mol. The number of carbonyl (C=O) groups excluding carboxylic acids is 1. The lowest BCUT2D eigenvalue weighted by molar-refractivity contribution is 0.0526. The van der Waals surface area contributed by atoms with Gasteiger partial charge in [0.1, 0.15) is 5.60 Å². The quantitative estimate of drug-likeness (QED) is 0.753. The highest BCUT2D eigenvalue weighted by Crippen LogP contribution is 2.29. The number of alkyl carbamates (subject to hydrolysis) is 1. The lowest BCUT2D eigenvalue weighted by Crippen LogP contribution is -2.41. The molecule has 1 rings (SSSR count). The summed E-state index contributed by atoms with van der Waals surface area (Å²) in [6.07, 6.45) is 8.98. The van der Waals surface area contributed by atoms with Crippen LogP contribution in [0.2, 0.25) is 0 Å². The highest BCUT2D eigenvalue weighted by Gasteiger charge is 2.26. The van der Waals surface area contributed by atoms with Gasteiger partial charge in [-0.25, -0.2) is 4.79 Å². The van der Waals surface area contributed by atoms with Gasteiger partial charge in [0, 0.05) is 12.1 Å². The maximum atomic E-state index is 11.4. The van der Waals surface area contributed by atoms with Crippen molar-refractivity contribution in [1.82, 2.24) is 5.32 Å². The molecule has 4 heteroatoms. The molecule has 112 valence electrons. The average Bonchev–Trinajstić information content (AvgIpc) is 2.27. The van der Waals surface area contributed by atoms with Crippen molar-refractivity contribution in [3.05, 3.63) is 0 Å². The molecule has 0 aromatic carbocycles. The normalized spacial score (nSPS) is 18.9. The highest BCUT2D eigenvalue weighted by atomic mass is 16.6. The predicted octanol–water partition coefficient (Wildman–Crippen LogP) is 3.34. The lowest BCUT2D eigenvalue weighted by Gasteiger charge is -2.33. The summed E-state index contributed by atoms with van der Waals surface area (Å²) in [5.41, 5.74) is 6.01. The van der Waals surface area contributed by atoms with Crippen LogP contribution in [0.15, 0.2) is 0 Å². The molecule has 0 heterocycles. The second kappa shape index (κ2) is 7.13. The van der Waals surface area contributed by atoms with Gasteiger partial charge in [-0.1, -0.05) is 19.3 Å². The summed E-state index contributed by atoms with van der Waals surface area (Å²) in [6.45, 7) is 6.28. The van der Waals surface area contributed by atoms with Crippen LogP contribution in [0.3, 0.4) is 0 Å². The van der Waals surface area contributed by atoms with Crippen LogP contribution in [0.5, 0.6) is 0 Å². The summed E-state index contributed by atoms with van der Waals surface area (Å²) in [4.78, 5) is 11.4. The van der Waals surface area contributed by atoms with Gasteiger partial charge >= 0.3 is 6.09 Å². The topological polar surface area (TPSA) is 64.3 Å². The van der Waals surface area contributed by atoms with Gasteiger partial charge in [0.25, 0.3) is 0 Å². The number of rotatable bonds is 5. The van der Waals surface area contributed by atoms with E-state index in [0.29, 0.717) is 6.54 Å². The van der Waals surface area contributed by atoms with Gasteiger partial charge in [0.2, 0.25) is 0 Å². The number of hydrogen-bond acceptors (Lipinski definition) is 3. The molecule has 0 aromatic rings. The van der Waals surface area contributed by atoms with E-state index < -0.39 is 5.60 Å². The summed E-state index contributed by atoms with van der Waals surface area (Å²) in [5.74, 6) is 0. The van der Waals surface area contributed by atoms with Crippen LogP contribution in [0.25, 0.3) is 0 Å². The van der Waals surface area contributed by atoms with Crippen LogP contribution in [-0.4, -0.2) is 23.8 Å². The van der Waals surface area contributed by atoms with Crippen molar-refractivity contribution in [3.8, 4) is 0 Å². The molecule has 19 heavy (non-hydrogen) atoms. The molecule has 0 radical (unpaired) electrons. The van der Waals surface area contributed by atoms with E-state index in [2.05, 4.69) is 5.32 Å². The van der Waals surface area contributed by atoms with E-state index in [1.807, 2.05) is 20.8 Å². The highest BCUT2D eigenvalue weighted by molar-refractivity contribution is 5.67. The van der Waals surface area contributed by atoms with Gasteiger partial charge in [-0.2, -0.15) is 0 Å². The number of ether oxygens (including phenoxy) is 1. The lowest BCUT2D eigenvalue weighted by atomic mass is 9.79. The molecule has 0 bridgehead atoms. The first-order valence-electron chi connectivity index (χ1n) is 7.57. The zero-order valence-corrected chi connectivity index (χ0v) is 12.8. The van der Waals surface area contributed by atoms with Crippen LogP contribution in [0.4, 0.5) is 4.79 Å². The zero-order valence-electron chi connectivity index (χ0n) is 12.8. The van der Waals surface area contributed by atoms with Gasteiger partial charge in [-0.3, -0.25) is 0 Å². The molecule has 1 fully saturated rings. The standard InChI is InChI=1S/C15H30N2O2/c1-14(2,3)19-13(18)17-12-8-7-11-15(16)9-5-4-6-10-15/h4-12,16H2,1-3H3,(H,17,18). The molecule has 0 atom stereocenters. The third kappa shape index (κ3) is 7.41. The number of nitrogens with one attached hydrogen (secondary N) is 1. The van der Waals surface area contributed by atoms with E-state index >= 15 is 0 Å². The zero-order chi connectivity index (χ0) is 14.4. The number of carbonyl (C=O) groups is 1. The minimum atomic E-state index is -0.423. The summed E-state index contributed by atoms with van der Waals surface area (Å²) in [7, 11) is 0. The Labute approximate surface area is 117 Å². The Morgan fingerprint density at radius 3 is 2.42 bits per heavy atom. The fourth-order valence-electron chi connectivity index (χ4n) is 2.61. The van der Waals surface area contributed by atoms with Crippen molar-refractivity contribution in [1.29, 1.82) is 0 Å². The number of amides is 1. The molecule has 1 saturated carbocycles. The number of unbranched alkanes of at least 4 members (excludes halogenated alkanes) is 1. The van der Waals surface area contributed by atoms with Crippen LogP contribution >= 0.6 is 0 Å². The van der Waals surface area contributed by atoms with Crippen LogP contribution in [0, 0.1) is 0 Å². The smallest absolute Gasteiger partial charge is 0.407 e. The van der Waals surface area contributed by atoms with Crippen molar-refractivity contribution < 1.29 is 9.53 Å². The van der Waals surface area contributed by atoms with Crippen LogP contribution in [0.1, 0.15) is 72.1 Å². The van der Waals surface area contributed by atoms with E-state index in [-0.39, 0.29) is 11.6 Å². The molecule has 1 aliphatic carbocycles. The first kappa shape index (κ1) is 16.3. The Kier molecular flexibility index (Phi) is 6.11. The average molecular weight is 270 g/mol.